The van der Waals surface area contributed by atoms with E-state index >= 15 is 0 Å². The van der Waals surface area contributed by atoms with E-state index in [9.17, 15) is 4.79 Å². The molecule has 172 valence electrons. The highest BCUT2D eigenvalue weighted by molar-refractivity contribution is 5.74. The fraction of sp³-hybridized carbons (Fsp3) is 0.778. The van der Waals surface area contributed by atoms with Crippen LogP contribution in [0.3, 0.4) is 0 Å². The molecule has 1 N–H and O–H groups in total. The molecular formula is C27H43N3O. The first-order chi connectivity index (χ1) is 15.2. The van der Waals surface area contributed by atoms with Crippen LogP contribution in [0.2, 0.25) is 0 Å². The monoisotopic (exact) mass is 425 g/mol. The summed E-state index contributed by atoms with van der Waals surface area (Å²) in [5.41, 5.74) is 1.89. The van der Waals surface area contributed by atoms with Gasteiger partial charge < -0.3 is 10.2 Å². The summed E-state index contributed by atoms with van der Waals surface area (Å²) in [6.07, 6.45) is 20.5. The number of urea groups is 1. The Bertz CT molecular complexity index is 654. The summed E-state index contributed by atoms with van der Waals surface area (Å²) in [7, 11) is 0. The molecule has 5 rings (SSSR count). The normalized spacial score (nSPS) is 28.6. The van der Waals surface area contributed by atoms with Crippen molar-refractivity contribution in [1.29, 1.82) is 0 Å². The number of carbonyl (C=O) groups is 1. The van der Waals surface area contributed by atoms with E-state index in [1.165, 1.54) is 63.4 Å². The lowest BCUT2D eigenvalue weighted by molar-refractivity contribution is -0.0596. The molecule has 0 spiro atoms. The summed E-state index contributed by atoms with van der Waals surface area (Å²) in [5, 5.41) is 3.23. The molecule has 0 aromatic carbocycles. The highest BCUT2D eigenvalue weighted by Crippen LogP contribution is 2.61. The van der Waals surface area contributed by atoms with E-state index in [-0.39, 0.29) is 6.03 Å². The molecule has 4 nitrogen and oxygen atoms in total. The van der Waals surface area contributed by atoms with Crippen LogP contribution in [0.15, 0.2) is 24.5 Å². The maximum atomic E-state index is 13.0. The lowest BCUT2D eigenvalue weighted by atomic mass is 9.49. The molecule has 0 saturated heterocycles. The van der Waals surface area contributed by atoms with Gasteiger partial charge in [-0.25, -0.2) is 4.79 Å². The van der Waals surface area contributed by atoms with E-state index in [1.807, 2.05) is 12.4 Å². The van der Waals surface area contributed by atoms with E-state index in [2.05, 4.69) is 34.3 Å². The maximum absolute atomic E-state index is 13.0. The number of aryl methyl sites for hydroxylation is 1. The van der Waals surface area contributed by atoms with Crippen molar-refractivity contribution in [3.8, 4) is 0 Å². The number of hydrogen-bond acceptors (Lipinski definition) is 2. The molecule has 0 atom stereocenters. The molecular weight excluding hydrogens is 382 g/mol. The third-order valence-electron chi connectivity index (χ3n) is 8.31. The van der Waals surface area contributed by atoms with Crippen molar-refractivity contribution in [2.45, 2.75) is 90.4 Å². The van der Waals surface area contributed by atoms with Crippen molar-refractivity contribution < 1.29 is 4.79 Å². The standard InChI is InChI=1S/C27H43N3O/c1-2-3-6-14-30(26(31)29-11-5-4-7-22-8-12-28-13-9-22)15-10-27-19-23-16-24(20-27)18-25(17-23)21-27/h8-9,12-13,23-25H,2-7,10-11,14-21H2,1H3,(H,29,31). The first-order valence-electron chi connectivity index (χ1n) is 13.1. The SMILES string of the molecule is CCCCCN(CCC12CC3CC(CC(C3)C1)C2)C(=O)NCCCCc1ccncc1. The number of nitrogens with one attached hydrogen (secondary N) is 1. The average molecular weight is 426 g/mol. The minimum atomic E-state index is 0.171. The molecule has 0 radical (unpaired) electrons. The summed E-state index contributed by atoms with van der Waals surface area (Å²) < 4.78 is 0. The van der Waals surface area contributed by atoms with Crippen LogP contribution in [0.5, 0.6) is 0 Å². The summed E-state index contributed by atoms with van der Waals surface area (Å²) in [6.45, 7) is 4.90. The van der Waals surface area contributed by atoms with Gasteiger partial charge in [-0.3, -0.25) is 4.98 Å². The number of pyridine rings is 1. The Balaban J connectivity index is 1.22. The number of aromatic nitrogens is 1. The Morgan fingerprint density at radius 2 is 1.68 bits per heavy atom. The second kappa shape index (κ2) is 10.8. The average Bonchev–Trinajstić information content (AvgIpc) is 2.75. The molecule has 1 aromatic rings. The lowest BCUT2D eigenvalue weighted by Gasteiger charge is -2.57. The van der Waals surface area contributed by atoms with E-state index in [1.54, 1.807) is 0 Å². The fourth-order valence-corrected chi connectivity index (χ4v) is 7.15. The third kappa shape index (κ3) is 6.23. The van der Waals surface area contributed by atoms with Crippen LogP contribution in [0.4, 0.5) is 4.79 Å². The van der Waals surface area contributed by atoms with Crippen LogP contribution in [0.25, 0.3) is 0 Å². The van der Waals surface area contributed by atoms with Gasteiger partial charge in [-0.1, -0.05) is 19.8 Å². The zero-order valence-corrected chi connectivity index (χ0v) is 19.7. The summed E-state index contributed by atoms with van der Waals surface area (Å²) in [5.74, 6) is 2.98. The molecule has 0 unspecified atom stereocenters. The van der Waals surface area contributed by atoms with Crippen molar-refractivity contribution in [1.82, 2.24) is 15.2 Å². The van der Waals surface area contributed by atoms with Crippen molar-refractivity contribution in [2.24, 2.45) is 23.2 Å². The number of nitrogens with zero attached hydrogens (tertiary/aromatic N) is 2. The lowest BCUT2D eigenvalue weighted by Crippen LogP contribution is -2.48. The minimum absolute atomic E-state index is 0.171. The molecule has 1 aromatic heterocycles. The number of unbranched alkanes of at least 4 members (excludes halogenated alkanes) is 3. The van der Waals surface area contributed by atoms with Crippen molar-refractivity contribution in [2.75, 3.05) is 19.6 Å². The molecule has 4 aliphatic carbocycles. The van der Waals surface area contributed by atoms with Crippen LogP contribution in [-0.4, -0.2) is 35.5 Å². The Morgan fingerprint density at radius 3 is 2.32 bits per heavy atom. The highest BCUT2D eigenvalue weighted by atomic mass is 16.2. The number of amides is 2. The summed E-state index contributed by atoms with van der Waals surface area (Å²) in [4.78, 5) is 19.2. The zero-order chi connectivity index (χ0) is 21.5. The molecule has 1 heterocycles. The second-order valence-corrected chi connectivity index (χ2v) is 10.9. The number of rotatable bonds is 12. The zero-order valence-electron chi connectivity index (χ0n) is 19.7. The summed E-state index contributed by atoms with van der Waals surface area (Å²) in [6, 6.07) is 4.33. The second-order valence-electron chi connectivity index (χ2n) is 10.9. The molecule has 2 amide bonds. The van der Waals surface area contributed by atoms with Crippen LogP contribution in [0, 0.1) is 23.2 Å². The molecule has 4 bridgehead atoms. The van der Waals surface area contributed by atoms with Crippen LogP contribution in [-0.2, 0) is 6.42 Å². The van der Waals surface area contributed by atoms with Gasteiger partial charge in [0.1, 0.15) is 0 Å². The molecule has 4 fully saturated rings. The van der Waals surface area contributed by atoms with Gasteiger partial charge in [0.15, 0.2) is 0 Å². The molecule has 0 aliphatic heterocycles. The predicted molar refractivity (Wildman–Crippen MR) is 127 cm³/mol. The van der Waals surface area contributed by atoms with Crippen LogP contribution < -0.4 is 5.32 Å². The largest absolute Gasteiger partial charge is 0.338 e. The van der Waals surface area contributed by atoms with Gasteiger partial charge in [-0.2, -0.15) is 0 Å². The van der Waals surface area contributed by atoms with Gasteiger partial charge in [0.05, 0.1) is 0 Å². The third-order valence-corrected chi connectivity index (χ3v) is 8.31. The first-order valence-corrected chi connectivity index (χ1v) is 13.1. The Kier molecular flexibility index (Phi) is 7.90. The van der Waals surface area contributed by atoms with Crippen LogP contribution in [0.1, 0.15) is 89.5 Å². The van der Waals surface area contributed by atoms with E-state index in [0.717, 1.165) is 63.1 Å². The predicted octanol–water partition coefficient (Wildman–Crippen LogP) is 6.21. The Labute approximate surface area is 189 Å². The van der Waals surface area contributed by atoms with Crippen molar-refractivity contribution >= 4 is 6.03 Å². The van der Waals surface area contributed by atoms with Gasteiger partial charge in [0.2, 0.25) is 0 Å². The highest BCUT2D eigenvalue weighted by Gasteiger charge is 2.50. The molecule has 31 heavy (non-hydrogen) atoms. The van der Waals surface area contributed by atoms with Crippen molar-refractivity contribution in [3.05, 3.63) is 30.1 Å². The van der Waals surface area contributed by atoms with E-state index in [0.29, 0.717) is 5.41 Å². The van der Waals surface area contributed by atoms with Crippen LogP contribution >= 0.6 is 0 Å². The smallest absolute Gasteiger partial charge is 0.317 e. The van der Waals surface area contributed by atoms with E-state index < -0.39 is 0 Å². The van der Waals surface area contributed by atoms with Crippen molar-refractivity contribution in [3.63, 3.8) is 0 Å². The fourth-order valence-electron chi connectivity index (χ4n) is 7.15. The van der Waals surface area contributed by atoms with Gasteiger partial charge in [-0.15, -0.1) is 0 Å². The van der Waals surface area contributed by atoms with Gasteiger partial charge in [-0.05, 0) is 111 Å². The molecule has 4 saturated carbocycles. The first kappa shape index (κ1) is 22.6. The van der Waals surface area contributed by atoms with E-state index in [4.69, 9.17) is 0 Å². The quantitative estimate of drug-likeness (QED) is 0.404. The molecule has 4 heteroatoms. The Morgan fingerprint density at radius 1 is 1.00 bits per heavy atom. The maximum Gasteiger partial charge on any atom is 0.317 e. The van der Waals surface area contributed by atoms with Gasteiger partial charge >= 0.3 is 6.03 Å². The summed E-state index contributed by atoms with van der Waals surface area (Å²) >= 11 is 0. The van der Waals surface area contributed by atoms with Gasteiger partial charge in [0.25, 0.3) is 0 Å². The Hall–Kier alpha value is -1.58. The topological polar surface area (TPSA) is 45.2 Å². The minimum Gasteiger partial charge on any atom is -0.338 e. The van der Waals surface area contributed by atoms with Gasteiger partial charge in [0, 0.05) is 32.0 Å². The number of carbonyl (C=O) groups excluding carboxylic acids is 1. The number of hydrogen-bond donors (Lipinski definition) is 1. The molecule has 4 aliphatic rings.